The first-order valence-corrected chi connectivity index (χ1v) is 12.1. The van der Waals surface area contributed by atoms with E-state index in [-0.39, 0.29) is 5.41 Å². The third-order valence-electron chi connectivity index (χ3n) is 8.21. The van der Waals surface area contributed by atoms with E-state index >= 15 is 0 Å². The molecular weight excluding hydrogens is 400 g/mol. The molecule has 1 aliphatic heterocycles. The second-order valence-corrected chi connectivity index (χ2v) is 10.6. The van der Waals surface area contributed by atoms with E-state index in [4.69, 9.17) is 0 Å². The number of carbonyl (C=O) groups is 1. The fraction of sp³-hybridized carbons (Fsp3) is 0.600. The van der Waals surface area contributed by atoms with Gasteiger partial charge in [-0.1, -0.05) is 0 Å². The van der Waals surface area contributed by atoms with Gasteiger partial charge in [0.05, 0.1) is 5.41 Å². The fourth-order valence-corrected chi connectivity index (χ4v) is 7.17. The highest BCUT2D eigenvalue weighted by Crippen LogP contribution is 2.60. The number of aromatic nitrogens is 3. The number of anilines is 3. The van der Waals surface area contributed by atoms with Crippen molar-refractivity contribution in [2.75, 3.05) is 36.4 Å². The number of nitrogens with zero attached hydrogens (tertiary/aromatic N) is 5. The molecule has 2 aromatic heterocycles. The number of nitrogens with one attached hydrogen (secondary N) is 1. The zero-order chi connectivity index (χ0) is 21.7. The lowest BCUT2D eigenvalue weighted by Gasteiger charge is -2.57. The molecule has 7 heteroatoms. The Morgan fingerprint density at radius 1 is 0.938 bits per heavy atom. The second-order valence-electron chi connectivity index (χ2n) is 10.6. The van der Waals surface area contributed by atoms with Crippen molar-refractivity contribution in [3.63, 3.8) is 0 Å². The number of carbonyl (C=O) groups excluding carboxylic acids is 1. The summed E-state index contributed by atoms with van der Waals surface area (Å²) in [5, 5.41) is 3.27. The summed E-state index contributed by atoms with van der Waals surface area (Å²) in [7, 11) is 0. The molecule has 168 valence electrons. The number of amides is 1. The summed E-state index contributed by atoms with van der Waals surface area (Å²) in [6.45, 7) is 5.25. The summed E-state index contributed by atoms with van der Waals surface area (Å²) in [6.07, 6.45) is 11.0. The molecule has 0 atom stereocenters. The molecule has 0 spiro atoms. The highest BCUT2D eigenvalue weighted by molar-refractivity contribution is 5.83. The van der Waals surface area contributed by atoms with Crippen molar-refractivity contribution in [2.45, 2.75) is 45.4 Å². The van der Waals surface area contributed by atoms with Gasteiger partial charge in [0, 0.05) is 38.4 Å². The van der Waals surface area contributed by atoms with Crippen molar-refractivity contribution in [1.29, 1.82) is 0 Å². The van der Waals surface area contributed by atoms with Crippen LogP contribution in [0.4, 0.5) is 17.5 Å². The molecule has 2 aromatic rings. The van der Waals surface area contributed by atoms with E-state index in [1.807, 2.05) is 25.1 Å². The molecule has 32 heavy (non-hydrogen) atoms. The topological polar surface area (TPSA) is 74.2 Å². The lowest BCUT2D eigenvalue weighted by atomic mass is 9.49. The lowest BCUT2D eigenvalue weighted by molar-refractivity contribution is -0.158. The van der Waals surface area contributed by atoms with Gasteiger partial charge in [-0.25, -0.2) is 15.0 Å². The number of hydrogen-bond donors (Lipinski definition) is 1. The van der Waals surface area contributed by atoms with Crippen molar-refractivity contribution in [3.05, 3.63) is 36.3 Å². The molecule has 1 N–H and O–H groups in total. The van der Waals surface area contributed by atoms with Gasteiger partial charge in [-0.05, 0) is 80.9 Å². The van der Waals surface area contributed by atoms with E-state index in [0.717, 1.165) is 86.2 Å². The Bertz CT molecular complexity index is 980. The molecule has 3 heterocycles. The van der Waals surface area contributed by atoms with Gasteiger partial charge in [0.2, 0.25) is 5.91 Å². The zero-order valence-electron chi connectivity index (χ0n) is 18.8. The van der Waals surface area contributed by atoms with Gasteiger partial charge >= 0.3 is 0 Å². The number of aryl methyl sites for hydroxylation is 1. The minimum atomic E-state index is -0.0380. The molecule has 1 amide bonds. The first kappa shape index (κ1) is 19.9. The van der Waals surface area contributed by atoms with Crippen molar-refractivity contribution < 1.29 is 4.79 Å². The molecule has 5 aliphatic rings. The number of piperazine rings is 1. The maximum atomic E-state index is 13.6. The van der Waals surface area contributed by atoms with Crippen LogP contribution in [0.2, 0.25) is 0 Å². The van der Waals surface area contributed by atoms with Crippen LogP contribution in [-0.2, 0) is 4.79 Å². The standard InChI is InChI=1S/C25H32N6O/c1-17-2-3-26-21(8-17)29-22-12-23(28-16-27-22)30-4-6-31(7-5-30)24(32)25-13-18-9-19(14-25)11-20(10-18)15-25/h2-3,8,12,16,18-20H,4-7,9-11,13-15H2,1H3,(H,26,27,28,29). The van der Waals surface area contributed by atoms with E-state index in [1.165, 1.54) is 19.3 Å². The minimum absolute atomic E-state index is 0.0380. The first-order valence-electron chi connectivity index (χ1n) is 12.1. The van der Waals surface area contributed by atoms with E-state index in [1.54, 1.807) is 12.5 Å². The fourth-order valence-electron chi connectivity index (χ4n) is 7.17. The molecule has 1 saturated heterocycles. The molecule has 5 fully saturated rings. The van der Waals surface area contributed by atoms with E-state index in [9.17, 15) is 4.79 Å². The Morgan fingerprint density at radius 2 is 1.59 bits per heavy atom. The summed E-state index contributed by atoms with van der Waals surface area (Å²) >= 11 is 0. The predicted molar refractivity (Wildman–Crippen MR) is 124 cm³/mol. The number of pyridine rings is 1. The number of rotatable bonds is 4. The Balaban J connectivity index is 1.11. The van der Waals surface area contributed by atoms with Gasteiger partial charge in [0.1, 0.15) is 23.8 Å². The first-order chi connectivity index (χ1) is 15.6. The lowest BCUT2D eigenvalue weighted by Crippen LogP contribution is -2.58. The summed E-state index contributed by atoms with van der Waals surface area (Å²) in [5.41, 5.74) is 1.11. The van der Waals surface area contributed by atoms with Crippen molar-refractivity contribution in [3.8, 4) is 0 Å². The van der Waals surface area contributed by atoms with Crippen molar-refractivity contribution in [1.82, 2.24) is 19.9 Å². The van der Waals surface area contributed by atoms with Gasteiger partial charge in [0.15, 0.2) is 0 Å². The third-order valence-corrected chi connectivity index (χ3v) is 8.21. The van der Waals surface area contributed by atoms with Gasteiger partial charge in [-0.3, -0.25) is 4.79 Å². The predicted octanol–water partition coefficient (Wildman–Crippen LogP) is 3.79. The third kappa shape index (κ3) is 3.61. The molecule has 0 unspecified atom stereocenters. The van der Waals surface area contributed by atoms with Crippen molar-refractivity contribution in [2.24, 2.45) is 23.2 Å². The Hall–Kier alpha value is -2.70. The van der Waals surface area contributed by atoms with E-state index in [0.29, 0.717) is 5.91 Å². The summed E-state index contributed by atoms with van der Waals surface area (Å²) in [5.74, 6) is 5.29. The smallest absolute Gasteiger partial charge is 0.228 e. The quantitative estimate of drug-likeness (QED) is 0.792. The number of hydrogen-bond acceptors (Lipinski definition) is 6. The van der Waals surface area contributed by atoms with E-state index < -0.39 is 0 Å². The van der Waals surface area contributed by atoms with Crippen LogP contribution in [-0.4, -0.2) is 51.9 Å². The SMILES string of the molecule is Cc1ccnc(Nc2cc(N3CCN(C(=O)C45CC6CC(CC(C6)C4)C5)CC3)ncn2)c1. The maximum Gasteiger partial charge on any atom is 0.228 e. The monoisotopic (exact) mass is 432 g/mol. The minimum Gasteiger partial charge on any atom is -0.353 e. The molecule has 4 aliphatic carbocycles. The Morgan fingerprint density at radius 3 is 2.25 bits per heavy atom. The molecule has 0 aromatic carbocycles. The normalized spacial score (nSPS) is 31.1. The zero-order valence-corrected chi connectivity index (χ0v) is 18.8. The summed E-state index contributed by atoms with van der Waals surface area (Å²) < 4.78 is 0. The van der Waals surface area contributed by atoms with Crippen LogP contribution in [0.1, 0.15) is 44.1 Å². The van der Waals surface area contributed by atoms with Gasteiger partial charge in [-0.2, -0.15) is 0 Å². The highest BCUT2D eigenvalue weighted by Gasteiger charge is 2.55. The molecule has 7 rings (SSSR count). The molecular formula is C25H32N6O. The van der Waals surface area contributed by atoms with Gasteiger partial charge in [0.25, 0.3) is 0 Å². The van der Waals surface area contributed by atoms with Crippen LogP contribution < -0.4 is 10.2 Å². The van der Waals surface area contributed by atoms with Crippen LogP contribution >= 0.6 is 0 Å². The summed E-state index contributed by atoms with van der Waals surface area (Å²) in [4.78, 5) is 31.3. The Kier molecular flexibility index (Phi) is 4.81. The maximum absolute atomic E-state index is 13.6. The molecule has 0 radical (unpaired) electrons. The van der Waals surface area contributed by atoms with Crippen LogP contribution in [0.5, 0.6) is 0 Å². The van der Waals surface area contributed by atoms with Crippen LogP contribution in [0.25, 0.3) is 0 Å². The van der Waals surface area contributed by atoms with Crippen LogP contribution in [0.3, 0.4) is 0 Å². The largest absolute Gasteiger partial charge is 0.353 e. The van der Waals surface area contributed by atoms with Gasteiger partial charge < -0.3 is 15.1 Å². The van der Waals surface area contributed by atoms with Gasteiger partial charge in [-0.15, -0.1) is 0 Å². The Labute approximate surface area is 189 Å². The average Bonchev–Trinajstić information content (AvgIpc) is 2.78. The summed E-state index contributed by atoms with van der Waals surface area (Å²) in [6, 6.07) is 5.94. The molecule has 4 saturated carbocycles. The van der Waals surface area contributed by atoms with Crippen molar-refractivity contribution >= 4 is 23.4 Å². The van der Waals surface area contributed by atoms with E-state index in [2.05, 4.69) is 30.1 Å². The van der Waals surface area contributed by atoms with Crippen LogP contribution in [0.15, 0.2) is 30.7 Å². The second kappa shape index (κ2) is 7.71. The molecule has 4 bridgehead atoms. The highest BCUT2D eigenvalue weighted by atomic mass is 16.2. The average molecular weight is 433 g/mol. The molecule has 7 nitrogen and oxygen atoms in total. The van der Waals surface area contributed by atoms with Crippen LogP contribution in [0, 0.1) is 30.1 Å².